The van der Waals surface area contributed by atoms with E-state index in [1.165, 1.54) is 0 Å². The molecule has 0 radical (unpaired) electrons. The third kappa shape index (κ3) is 1.98. The highest BCUT2D eigenvalue weighted by Crippen LogP contribution is 2.49. The zero-order valence-electron chi connectivity index (χ0n) is 10.5. The first-order chi connectivity index (χ1) is 9.75. The Hall–Kier alpha value is -2.38. The van der Waals surface area contributed by atoms with Crippen molar-refractivity contribution >= 4 is 23.5 Å². The molecule has 1 spiro atoms. The van der Waals surface area contributed by atoms with Crippen LogP contribution < -0.4 is 10.2 Å². The van der Waals surface area contributed by atoms with Gasteiger partial charge in [-0.3, -0.25) is 14.9 Å². The predicted octanol–water partition coefficient (Wildman–Crippen LogP) is 2.07. The zero-order valence-corrected chi connectivity index (χ0v) is 10.5. The molecule has 1 saturated carbocycles. The van der Waals surface area contributed by atoms with Crippen LogP contribution in [-0.4, -0.2) is 17.8 Å². The minimum atomic E-state index is -4.50. The van der Waals surface area contributed by atoms with Gasteiger partial charge in [0.25, 0.3) is 5.91 Å². The molecule has 1 aromatic carbocycles. The molecule has 0 atom stereocenters. The molecule has 4 amide bonds. The third-order valence-electron chi connectivity index (χ3n) is 3.67. The summed E-state index contributed by atoms with van der Waals surface area (Å²) in [7, 11) is 0. The maximum Gasteiger partial charge on any atom is 0.416 e. The Balaban J connectivity index is 1.94. The second kappa shape index (κ2) is 4.06. The Morgan fingerprint density at radius 2 is 1.62 bits per heavy atom. The van der Waals surface area contributed by atoms with E-state index in [1.807, 2.05) is 0 Å². The van der Waals surface area contributed by atoms with Crippen molar-refractivity contribution < 1.29 is 27.6 Å². The van der Waals surface area contributed by atoms with Crippen LogP contribution >= 0.6 is 0 Å². The van der Waals surface area contributed by atoms with E-state index >= 15 is 0 Å². The highest BCUT2D eigenvalue weighted by Gasteiger charge is 2.62. The van der Waals surface area contributed by atoms with Crippen molar-refractivity contribution in [3.05, 3.63) is 29.8 Å². The molecule has 0 aromatic heterocycles. The van der Waals surface area contributed by atoms with Crippen LogP contribution in [0.25, 0.3) is 0 Å². The molecule has 2 fully saturated rings. The lowest BCUT2D eigenvalue weighted by atomic mass is 10.0. The molecule has 21 heavy (non-hydrogen) atoms. The van der Waals surface area contributed by atoms with E-state index in [0.29, 0.717) is 17.7 Å². The molecule has 1 aliphatic heterocycles. The molecule has 1 heterocycles. The van der Waals surface area contributed by atoms with E-state index in [1.54, 1.807) is 0 Å². The second-order valence-corrected chi connectivity index (χ2v) is 5.03. The number of carbonyl (C=O) groups is 3. The number of rotatable bonds is 1. The van der Waals surface area contributed by atoms with E-state index < -0.39 is 35.0 Å². The summed E-state index contributed by atoms with van der Waals surface area (Å²) in [5.41, 5.74) is -2.10. The molecule has 2 aliphatic rings. The lowest BCUT2D eigenvalue weighted by molar-refractivity contribution is -0.138. The van der Waals surface area contributed by atoms with Crippen LogP contribution in [0, 0.1) is 5.41 Å². The Labute approximate surface area is 116 Å². The first-order valence-corrected chi connectivity index (χ1v) is 6.13. The number of barbiturate groups is 1. The number of nitrogens with one attached hydrogen (secondary N) is 1. The summed E-state index contributed by atoms with van der Waals surface area (Å²) in [6.45, 7) is 0. The van der Waals surface area contributed by atoms with Gasteiger partial charge >= 0.3 is 12.2 Å². The van der Waals surface area contributed by atoms with Crippen LogP contribution in [0.3, 0.4) is 0 Å². The highest BCUT2D eigenvalue weighted by molar-refractivity contribution is 6.31. The van der Waals surface area contributed by atoms with Gasteiger partial charge in [0.15, 0.2) is 0 Å². The van der Waals surface area contributed by atoms with Crippen LogP contribution in [-0.2, 0) is 15.8 Å². The number of benzene rings is 1. The van der Waals surface area contributed by atoms with Gasteiger partial charge in [0.1, 0.15) is 5.41 Å². The molecule has 5 nitrogen and oxygen atoms in total. The second-order valence-electron chi connectivity index (χ2n) is 5.03. The van der Waals surface area contributed by atoms with Crippen molar-refractivity contribution in [1.82, 2.24) is 5.32 Å². The predicted molar refractivity (Wildman–Crippen MR) is 64.1 cm³/mol. The number of hydrogen-bond donors (Lipinski definition) is 1. The van der Waals surface area contributed by atoms with Gasteiger partial charge in [-0.25, -0.2) is 9.69 Å². The largest absolute Gasteiger partial charge is 0.416 e. The van der Waals surface area contributed by atoms with Gasteiger partial charge in [-0.1, -0.05) is 0 Å². The number of carbonyl (C=O) groups excluding carboxylic acids is 3. The van der Waals surface area contributed by atoms with E-state index in [2.05, 4.69) is 5.32 Å². The van der Waals surface area contributed by atoms with E-state index in [-0.39, 0.29) is 5.69 Å². The van der Waals surface area contributed by atoms with Gasteiger partial charge in [0.05, 0.1) is 11.3 Å². The topological polar surface area (TPSA) is 66.5 Å². The zero-order chi connectivity index (χ0) is 15.4. The molecule has 0 unspecified atom stereocenters. The lowest BCUT2D eigenvalue weighted by Crippen LogP contribution is -2.59. The van der Waals surface area contributed by atoms with Crippen LogP contribution in [0.4, 0.5) is 23.7 Å². The maximum atomic E-state index is 12.5. The first kappa shape index (κ1) is 13.6. The fraction of sp³-hybridized carbons (Fsp3) is 0.308. The summed E-state index contributed by atoms with van der Waals surface area (Å²) in [5.74, 6) is -1.32. The van der Waals surface area contributed by atoms with E-state index in [9.17, 15) is 27.6 Å². The summed E-state index contributed by atoms with van der Waals surface area (Å²) in [4.78, 5) is 36.3. The maximum absolute atomic E-state index is 12.5. The van der Waals surface area contributed by atoms with Gasteiger partial charge in [0, 0.05) is 0 Å². The molecule has 0 bridgehead atoms. The van der Waals surface area contributed by atoms with E-state index in [4.69, 9.17) is 0 Å². The summed E-state index contributed by atoms with van der Waals surface area (Å²) in [6.07, 6.45) is -3.83. The monoisotopic (exact) mass is 298 g/mol. The smallest absolute Gasteiger partial charge is 0.276 e. The summed E-state index contributed by atoms with van der Waals surface area (Å²) in [5, 5.41) is 2.06. The van der Waals surface area contributed by atoms with Crippen LogP contribution in [0.5, 0.6) is 0 Å². The minimum Gasteiger partial charge on any atom is -0.276 e. The molecule has 1 aromatic rings. The van der Waals surface area contributed by atoms with Crippen molar-refractivity contribution in [3.8, 4) is 0 Å². The van der Waals surface area contributed by atoms with Gasteiger partial charge in [-0.05, 0) is 37.1 Å². The molecular formula is C13H9F3N2O3. The number of urea groups is 1. The number of amides is 4. The average Bonchev–Trinajstić information content (AvgIpc) is 3.18. The summed E-state index contributed by atoms with van der Waals surface area (Å²) >= 11 is 0. The number of nitrogens with zero attached hydrogens (tertiary/aromatic N) is 1. The van der Waals surface area contributed by atoms with Crippen molar-refractivity contribution in [3.63, 3.8) is 0 Å². The fourth-order valence-corrected chi connectivity index (χ4v) is 2.28. The normalized spacial score (nSPS) is 20.7. The molecule has 8 heteroatoms. The number of alkyl halides is 3. The standard InChI is InChI=1S/C13H9F3N2O3/c14-13(15,16)7-1-3-8(4-2-7)18-10(20)12(5-6-12)9(19)17-11(18)21/h1-4H,5-6H2,(H,17,19,21). The molecule has 1 saturated heterocycles. The Morgan fingerprint density at radius 3 is 2.10 bits per heavy atom. The SMILES string of the molecule is O=C1NC(=O)C2(CC2)C(=O)N1c1ccc(C(F)(F)F)cc1. The van der Waals surface area contributed by atoms with E-state index in [0.717, 1.165) is 24.3 Å². The van der Waals surface area contributed by atoms with Crippen molar-refractivity contribution in [1.29, 1.82) is 0 Å². The van der Waals surface area contributed by atoms with Crippen molar-refractivity contribution in [2.24, 2.45) is 5.41 Å². The molecule has 1 aliphatic carbocycles. The molecular weight excluding hydrogens is 289 g/mol. The average molecular weight is 298 g/mol. The molecule has 3 rings (SSSR count). The molecule has 110 valence electrons. The summed E-state index contributed by atoms with van der Waals surface area (Å²) < 4.78 is 37.5. The number of halogens is 3. The Morgan fingerprint density at radius 1 is 1.05 bits per heavy atom. The Kier molecular flexibility index (Phi) is 2.63. The van der Waals surface area contributed by atoms with Crippen LogP contribution in [0.1, 0.15) is 18.4 Å². The Bertz CT molecular complexity index is 648. The van der Waals surface area contributed by atoms with Gasteiger partial charge in [-0.2, -0.15) is 13.2 Å². The van der Waals surface area contributed by atoms with Gasteiger partial charge < -0.3 is 0 Å². The lowest BCUT2D eigenvalue weighted by Gasteiger charge is -2.30. The first-order valence-electron chi connectivity index (χ1n) is 6.13. The highest BCUT2D eigenvalue weighted by atomic mass is 19.4. The quantitative estimate of drug-likeness (QED) is 0.807. The van der Waals surface area contributed by atoms with Crippen molar-refractivity contribution in [2.75, 3.05) is 4.90 Å². The number of anilines is 1. The summed E-state index contributed by atoms with van der Waals surface area (Å²) in [6, 6.07) is 2.69. The number of imide groups is 2. The third-order valence-corrected chi connectivity index (χ3v) is 3.67. The number of hydrogen-bond acceptors (Lipinski definition) is 3. The van der Waals surface area contributed by atoms with Crippen molar-refractivity contribution in [2.45, 2.75) is 19.0 Å². The fourth-order valence-electron chi connectivity index (χ4n) is 2.28. The van der Waals surface area contributed by atoms with Crippen LogP contribution in [0.2, 0.25) is 0 Å². The van der Waals surface area contributed by atoms with Crippen LogP contribution in [0.15, 0.2) is 24.3 Å². The molecule has 1 N–H and O–H groups in total. The van der Waals surface area contributed by atoms with Gasteiger partial charge in [-0.15, -0.1) is 0 Å². The van der Waals surface area contributed by atoms with Gasteiger partial charge in [0.2, 0.25) is 5.91 Å². The minimum absolute atomic E-state index is 0.00396.